The summed E-state index contributed by atoms with van der Waals surface area (Å²) < 4.78 is 0. The number of anilines is 3. The second-order valence-electron chi connectivity index (χ2n) is 11.3. The molecular weight excluding hydrogens is 528 g/mol. The number of fused-ring (bicyclic) bond motifs is 1. The number of para-hydroxylation sites is 1. The second kappa shape index (κ2) is 12.1. The molecule has 0 unspecified atom stereocenters. The SMILES string of the molecule is CC(=O)N(c1ccc(-c2ccc(N3CCC(C(=O)O)CC3)nc2)cc1)C1CCC(Nc2ncc3ccccc3n2)CC1. The van der Waals surface area contributed by atoms with Crippen LogP contribution < -0.4 is 15.1 Å². The minimum Gasteiger partial charge on any atom is -0.481 e. The summed E-state index contributed by atoms with van der Waals surface area (Å²) in [5.74, 6) is 0.613. The van der Waals surface area contributed by atoms with Crippen molar-refractivity contribution in [2.24, 2.45) is 5.92 Å². The molecule has 2 fully saturated rings. The van der Waals surface area contributed by atoms with E-state index in [4.69, 9.17) is 0 Å². The molecule has 9 heteroatoms. The number of pyridine rings is 1. The van der Waals surface area contributed by atoms with E-state index in [0.29, 0.717) is 31.9 Å². The van der Waals surface area contributed by atoms with Crippen molar-refractivity contribution in [2.75, 3.05) is 28.2 Å². The molecule has 2 N–H and O–H groups in total. The number of hydrogen-bond donors (Lipinski definition) is 2. The first-order valence-electron chi connectivity index (χ1n) is 14.8. The third-order valence-electron chi connectivity index (χ3n) is 8.62. The summed E-state index contributed by atoms with van der Waals surface area (Å²) in [7, 11) is 0. The maximum absolute atomic E-state index is 12.8. The molecule has 2 aromatic carbocycles. The molecular formula is C33H36N6O3. The molecule has 9 nitrogen and oxygen atoms in total. The van der Waals surface area contributed by atoms with Crippen LogP contribution in [0.15, 0.2) is 73.1 Å². The van der Waals surface area contributed by atoms with Crippen LogP contribution in [0.1, 0.15) is 45.4 Å². The molecule has 3 heterocycles. The first kappa shape index (κ1) is 27.6. The molecule has 0 spiro atoms. The average Bonchev–Trinajstić information content (AvgIpc) is 3.02. The molecule has 1 amide bonds. The Morgan fingerprint density at radius 1 is 0.857 bits per heavy atom. The highest BCUT2D eigenvalue weighted by Crippen LogP contribution is 2.31. The lowest BCUT2D eigenvalue weighted by Crippen LogP contribution is -2.43. The van der Waals surface area contributed by atoms with E-state index in [1.54, 1.807) is 6.92 Å². The third-order valence-corrected chi connectivity index (χ3v) is 8.62. The van der Waals surface area contributed by atoms with Crippen LogP contribution in [-0.2, 0) is 9.59 Å². The monoisotopic (exact) mass is 564 g/mol. The highest BCUT2D eigenvalue weighted by molar-refractivity contribution is 5.92. The van der Waals surface area contributed by atoms with E-state index < -0.39 is 5.97 Å². The van der Waals surface area contributed by atoms with E-state index in [2.05, 4.69) is 31.2 Å². The average molecular weight is 565 g/mol. The number of nitrogens with one attached hydrogen (secondary N) is 1. The number of carbonyl (C=O) groups is 2. The fourth-order valence-corrected chi connectivity index (χ4v) is 6.27. The molecule has 1 saturated carbocycles. The van der Waals surface area contributed by atoms with Crippen LogP contribution in [0, 0.1) is 5.92 Å². The first-order valence-corrected chi connectivity index (χ1v) is 14.8. The third kappa shape index (κ3) is 6.05. The van der Waals surface area contributed by atoms with Crippen LogP contribution in [0.2, 0.25) is 0 Å². The van der Waals surface area contributed by atoms with Crippen molar-refractivity contribution in [3.05, 3.63) is 73.1 Å². The zero-order valence-electron chi connectivity index (χ0n) is 23.8. The summed E-state index contributed by atoms with van der Waals surface area (Å²) >= 11 is 0. The smallest absolute Gasteiger partial charge is 0.306 e. The largest absolute Gasteiger partial charge is 0.481 e. The highest BCUT2D eigenvalue weighted by Gasteiger charge is 2.29. The van der Waals surface area contributed by atoms with Crippen LogP contribution in [-0.4, -0.2) is 57.1 Å². The number of carboxylic acid groups (broad SMARTS) is 1. The van der Waals surface area contributed by atoms with Gasteiger partial charge in [0.1, 0.15) is 5.82 Å². The topological polar surface area (TPSA) is 112 Å². The van der Waals surface area contributed by atoms with E-state index in [0.717, 1.165) is 59.2 Å². The summed E-state index contributed by atoms with van der Waals surface area (Å²) in [6.45, 7) is 3.05. The molecule has 42 heavy (non-hydrogen) atoms. The van der Waals surface area contributed by atoms with Gasteiger partial charge in [0, 0.05) is 61.1 Å². The van der Waals surface area contributed by atoms with Crippen molar-refractivity contribution < 1.29 is 14.7 Å². The van der Waals surface area contributed by atoms with Crippen molar-refractivity contribution >= 4 is 40.2 Å². The van der Waals surface area contributed by atoms with Gasteiger partial charge in [0.15, 0.2) is 0 Å². The van der Waals surface area contributed by atoms with Gasteiger partial charge in [0.2, 0.25) is 11.9 Å². The number of piperidine rings is 1. The standard InChI is InChI=1S/C33H36N6O3/c1-22(40)39(29-13-9-27(10-14-29)36-33-35-21-26-4-2-3-5-30(26)37-33)28-11-6-23(7-12-28)25-8-15-31(34-20-25)38-18-16-24(17-19-38)32(41)42/h2-8,11-12,15,20-21,24,27,29H,9-10,13-14,16-19H2,1H3,(H,41,42)(H,35,36,37). The van der Waals surface area contributed by atoms with Crippen LogP contribution >= 0.6 is 0 Å². The van der Waals surface area contributed by atoms with Crippen molar-refractivity contribution in [2.45, 2.75) is 57.5 Å². The molecule has 2 aromatic heterocycles. The number of carbonyl (C=O) groups excluding carboxylic acids is 1. The Hall–Kier alpha value is -4.53. The molecule has 6 rings (SSSR count). The van der Waals surface area contributed by atoms with Gasteiger partial charge in [-0.2, -0.15) is 0 Å². The predicted octanol–water partition coefficient (Wildman–Crippen LogP) is 5.77. The van der Waals surface area contributed by atoms with Crippen LogP contribution in [0.5, 0.6) is 0 Å². The van der Waals surface area contributed by atoms with Crippen LogP contribution in [0.25, 0.3) is 22.0 Å². The number of rotatable bonds is 7. The number of aliphatic carboxylic acids is 1. The molecule has 1 saturated heterocycles. The van der Waals surface area contributed by atoms with Gasteiger partial charge in [-0.3, -0.25) is 9.59 Å². The minimum absolute atomic E-state index is 0.0507. The summed E-state index contributed by atoms with van der Waals surface area (Å²) in [6, 6.07) is 20.6. The van der Waals surface area contributed by atoms with E-state index in [9.17, 15) is 14.7 Å². The number of hydrogen-bond acceptors (Lipinski definition) is 7. The summed E-state index contributed by atoms with van der Waals surface area (Å²) in [4.78, 5) is 41.9. The number of aromatic nitrogens is 3. The Morgan fingerprint density at radius 2 is 1.57 bits per heavy atom. The van der Waals surface area contributed by atoms with Gasteiger partial charge < -0.3 is 20.2 Å². The van der Waals surface area contributed by atoms with Crippen molar-refractivity contribution in [3.8, 4) is 11.1 Å². The summed E-state index contributed by atoms with van der Waals surface area (Å²) in [6.07, 6.45) is 8.69. The molecule has 0 bridgehead atoms. The Balaban J connectivity index is 1.06. The van der Waals surface area contributed by atoms with Gasteiger partial charge in [-0.05, 0) is 74.4 Å². The number of nitrogens with zero attached hydrogens (tertiary/aromatic N) is 5. The first-order chi connectivity index (χ1) is 20.4. The Bertz CT molecular complexity index is 1540. The zero-order chi connectivity index (χ0) is 29.1. The molecule has 4 aromatic rings. The Morgan fingerprint density at radius 3 is 2.24 bits per heavy atom. The van der Waals surface area contributed by atoms with E-state index in [1.807, 2.05) is 71.9 Å². The Kier molecular flexibility index (Phi) is 7.99. The number of amides is 1. The van der Waals surface area contributed by atoms with Gasteiger partial charge in [0.25, 0.3) is 0 Å². The molecule has 2 aliphatic rings. The fraction of sp³-hybridized carbons (Fsp3) is 0.364. The summed E-state index contributed by atoms with van der Waals surface area (Å²) in [5.41, 5.74) is 3.88. The molecule has 216 valence electrons. The van der Waals surface area contributed by atoms with Gasteiger partial charge in [-0.15, -0.1) is 0 Å². The zero-order valence-corrected chi connectivity index (χ0v) is 23.8. The number of benzene rings is 2. The highest BCUT2D eigenvalue weighted by atomic mass is 16.4. The van der Waals surface area contributed by atoms with Crippen molar-refractivity contribution in [3.63, 3.8) is 0 Å². The maximum atomic E-state index is 12.8. The van der Waals surface area contributed by atoms with Crippen LogP contribution in [0.3, 0.4) is 0 Å². The molecule has 0 radical (unpaired) electrons. The van der Waals surface area contributed by atoms with E-state index >= 15 is 0 Å². The van der Waals surface area contributed by atoms with Crippen LogP contribution in [0.4, 0.5) is 17.5 Å². The van der Waals surface area contributed by atoms with E-state index in [1.165, 1.54) is 0 Å². The lowest BCUT2D eigenvalue weighted by molar-refractivity contribution is -0.142. The lowest BCUT2D eigenvalue weighted by atomic mass is 9.89. The van der Waals surface area contributed by atoms with Gasteiger partial charge in [-0.1, -0.05) is 30.3 Å². The molecule has 1 aliphatic heterocycles. The van der Waals surface area contributed by atoms with Crippen molar-refractivity contribution in [1.29, 1.82) is 0 Å². The molecule has 1 aliphatic carbocycles. The van der Waals surface area contributed by atoms with E-state index in [-0.39, 0.29) is 23.9 Å². The number of carboxylic acids is 1. The lowest BCUT2D eigenvalue weighted by Gasteiger charge is -2.36. The second-order valence-corrected chi connectivity index (χ2v) is 11.3. The predicted molar refractivity (Wildman–Crippen MR) is 165 cm³/mol. The van der Waals surface area contributed by atoms with Crippen molar-refractivity contribution in [1.82, 2.24) is 15.0 Å². The van der Waals surface area contributed by atoms with Gasteiger partial charge >= 0.3 is 5.97 Å². The normalized spacial score (nSPS) is 19.4. The quantitative estimate of drug-likeness (QED) is 0.291. The van der Waals surface area contributed by atoms with Gasteiger partial charge in [0.05, 0.1) is 11.4 Å². The fourth-order valence-electron chi connectivity index (χ4n) is 6.27. The molecule has 0 atom stereocenters. The summed E-state index contributed by atoms with van der Waals surface area (Å²) in [5, 5.41) is 13.8. The minimum atomic E-state index is -0.707. The maximum Gasteiger partial charge on any atom is 0.306 e. The Labute approximate surface area is 245 Å². The van der Waals surface area contributed by atoms with Gasteiger partial charge in [-0.25, -0.2) is 15.0 Å².